The molecule has 1 atom stereocenters. The summed E-state index contributed by atoms with van der Waals surface area (Å²) in [7, 11) is -5.68. The minimum absolute atomic E-state index is 1.30. The van der Waals surface area contributed by atoms with E-state index in [2.05, 4.69) is 39.3 Å². The van der Waals surface area contributed by atoms with E-state index >= 15 is 0 Å². The lowest BCUT2D eigenvalue weighted by Crippen LogP contribution is -2.40. The Morgan fingerprint density at radius 1 is 1.14 bits per heavy atom. The fourth-order valence-corrected chi connectivity index (χ4v) is 11.9. The van der Waals surface area contributed by atoms with Crippen molar-refractivity contribution in [1.29, 1.82) is 0 Å². The van der Waals surface area contributed by atoms with E-state index in [1.807, 2.05) is 0 Å². The lowest BCUT2D eigenvalue weighted by molar-refractivity contribution is 0.377. The summed E-state index contributed by atoms with van der Waals surface area (Å²) >= 11 is 0. The fourth-order valence-electron chi connectivity index (χ4n) is 1.59. The molecule has 14 heavy (non-hydrogen) atoms. The molecule has 1 N–H and O–H groups in total. The van der Waals surface area contributed by atoms with Gasteiger partial charge in [0.15, 0.2) is 0 Å². The molecule has 0 rings (SSSR count). The van der Waals surface area contributed by atoms with Gasteiger partial charge in [-0.3, -0.25) is 0 Å². The molecule has 0 aromatic rings. The van der Waals surface area contributed by atoms with E-state index in [1.54, 1.807) is 6.26 Å². The van der Waals surface area contributed by atoms with Crippen LogP contribution in [0, 0.1) is 0 Å². The second kappa shape index (κ2) is 4.79. The van der Waals surface area contributed by atoms with Crippen LogP contribution >= 0.6 is 8.25 Å². The van der Waals surface area contributed by atoms with E-state index in [0.29, 0.717) is 0 Å². The lowest BCUT2D eigenvalue weighted by Gasteiger charge is -2.30. The van der Waals surface area contributed by atoms with Crippen LogP contribution < -0.4 is 0 Å². The van der Waals surface area contributed by atoms with Crippen LogP contribution in [0.3, 0.4) is 0 Å². The van der Waals surface area contributed by atoms with E-state index in [9.17, 15) is 4.57 Å². The Bertz CT molecular complexity index is 234. The van der Waals surface area contributed by atoms with Crippen molar-refractivity contribution in [2.45, 2.75) is 39.3 Å². The van der Waals surface area contributed by atoms with Crippen LogP contribution in [0.2, 0.25) is 39.3 Å². The van der Waals surface area contributed by atoms with Gasteiger partial charge in [0.25, 0.3) is 0 Å². The van der Waals surface area contributed by atoms with Gasteiger partial charge in [-0.05, 0) is 0 Å². The number of hydrogen-bond acceptors (Lipinski definition) is 2. The van der Waals surface area contributed by atoms with Gasteiger partial charge in [-0.25, -0.2) is 4.57 Å². The zero-order chi connectivity index (χ0) is 11.6. The molecule has 84 valence electrons. The van der Waals surface area contributed by atoms with Crippen LogP contribution in [0.1, 0.15) is 0 Å². The molecule has 0 saturated heterocycles. The number of rotatable bonds is 4. The van der Waals surface area contributed by atoms with Gasteiger partial charge in [-0.2, -0.15) is 0 Å². The molecule has 0 radical (unpaired) electrons. The molecule has 6 heteroatoms. The first-order chi connectivity index (χ1) is 6.05. The van der Waals surface area contributed by atoms with Gasteiger partial charge in [0.05, 0.1) is 22.4 Å². The molecule has 0 aliphatic rings. The van der Waals surface area contributed by atoms with Gasteiger partial charge in [0, 0.05) is 0 Å². The van der Waals surface area contributed by atoms with Crippen LogP contribution in [0.25, 0.3) is 0 Å². The summed E-state index contributed by atoms with van der Waals surface area (Å²) in [5.74, 6) is 0. The van der Waals surface area contributed by atoms with Crippen molar-refractivity contribution in [1.82, 2.24) is 0 Å². The monoisotopic (exact) mass is 252 g/mol. The highest BCUT2D eigenvalue weighted by atomic mass is 31.1. The second-order valence-electron chi connectivity index (χ2n) is 5.42. The van der Waals surface area contributed by atoms with E-state index in [0.717, 1.165) is 0 Å². The molecular weight excluding hydrogens is 231 g/mol. The molecule has 0 spiro atoms. The number of hydrogen-bond donors (Lipinski definition) is 1. The van der Waals surface area contributed by atoms with Gasteiger partial charge in [0.1, 0.15) is 0 Å². The molecule has 0 aromatic carbocycles. The Labute approximate surface area is 89.2 Å². The highest BCUT2D eigenvalue weighted by molar-refractivity contribution is 7.32. The summed E-state index contributed by atoms with van der Waals surface area (Å²) < 4.78 is 15.3. The summed E-state index contributed by atoms with van der Waals surface area (Å²) in [6, 6.07) is 0. The van der Waals surface area contributed by atoms with E-state index in [4.69, 9.17) is 9.42 Å². The summed E-state index contributed by atoms with van der Waals surface area (Å²) in [5, 5.41) is 0. The third-order valence-electron chi connectivity index (χ3n) is 1.89. The zero-order valence-electron chi connectivity index (χ0n) is 9.84. The maximum atomic E-state index is 10.5. The van der Waals surface area contributed by atoms with Crippen LogP contribution in [-0.4, -0.2) is 21.0 Å². The van der Waals surface area contributed by atoms with E-state index < -0.39 is 24.4 Å². The molecular formula is C8H21O3PSi2. The SMILES string of the molecule is C[Si](C)(C)C(=CO[PH](=O)O)[Si](C)(C)C. The first-order valence-corrected chi connectivity index (χ1v) is 12.9. The Hall–Kier alpha value is 0.164. The van der Waals surface area contributed by atoms with Crippen molar-refractivity contribution in [2.24, 2.45) is 0 Å². The van der Waals surface area contributed by atoms with Crippen LogP contribution in [0.4, 0.5) is 0 Å². The van der Waals surface area contributed by atoms with Crippen LogP contribution in [0.15, 0.2) is 11.1 Å². The van der Waals surface area contributed by atoms with Crippen molar-refractivity contribution in [3.8, 4) is 0 Å². The average Bonchev–Trinajstić information content (AvgIpc) is 1.78. The Morgan fingerprint density at radius 3 is 1.71 bits per heavy atom. The summed E-state index contributed by atoms with van der Waals surface area (Å²) in [5.41, 5.74) is 0. The molecule has 0 bridgehead atoms. The predicted octanol–water partition coefficient (Wildman–Crippen LogP) is 3.02. The van der Waals surface area contributed by atoms with Crippen molar-refractivity contribution >= 4 is 24.4 Å². The molecule has 3 nitrogen and oxygen atoms in total. The topological polar surface area (TPSA) is 46.5 Å². The quantitative estimate of drug-likeness (QED) is 0.475. The summed E-state index contributed by atoms with van der Waals surface area (Å²) in [4.78, 5) is 9.95. The molecule has 0 heterocycles. The van der Waals surface area contributed by atoms with Gasteiger partial charge in [0.2, 0.25) is 0 Å². The smallest absolute Gasteiger partial charge is 0.364 e. The minimum atomic E-state index is -2.83. The first-order valence-electron chi connectivity index (χ1n) is 4.66. The Balaban J connectivity index is 4.93. The lowest BCUT2D eigenvalue weighted by atomic mass is 11.1. The highest BCUT2D eigenvalue weighted by Gasteiger charge is 2.31. The van der Waals surface area contributed by atoms with Gasteiger partial charge < -0.3 is 9.42 Å². The van der Waals surface area contributed by atoms with Gasteiger partial charge >= 0.3 is 8.25 Å². The van der Waals surface area contributed by atoms with Crippen LogP contribution in [-0.2, 0) is 9.09 Å². The van der Waals surface area contributed by atoms with Gasteiger partial charge in [-0.15, -0.1) is 0 Å². The third-order valence-corrected chi connectivity index (χ3v) is 10.2. The predicted molar refractivity (Wildman–Crippen MR) is 67.1 cm³/mol. The van der Waals surface area contributed by atoms with Crippen molar-refractivity contribution in [3.63, 3.8) is 0 Å². The third kappa shape index (κ3) is 5.15. The molecule has 0 aliphatic carbocycles. The normalized spacial score (nSPS) is 14.8. The van der Waals surface area contributed by atoms with E-state index in [1.165, 1.54) is 4.82 Å². The first kappa shape index (κ1) is 14.2. The standard InChI is InChI=1S/C8H21O3PSi2/c1-13(2,3)8(14(4,5)6)7-11-12(9)10/h7,12H,1-6H3,(H,9,10). The minimum Gasteiger partial charge on any atom is -0.435 e. The Morgan fingerprint density at radius 2 is 1.50 bits per heavy atom. The van der Waals surface area contributed by atoms with Gasteiger partial charge in [-0.1, -0.05) is 44.1 Å². The maximum Gasteiger partial charge on any atom is 0.364 e. The summed E-state index contributed by atoms with van der Waals surface area (Å²) in [6.45, 7) is 13.4. The molecule has 1 unspecified atom stereocenters. The molecule has 0 amide bonds. The van der Waals surface area contributed by atoms with Crippen molar-refractivity contribution < 1.29 is 14.0 Å². The Kier molecular flexibility index (Phi) is 4.85. The molecule has 0 fully saturated rings. The van der Waals surface area contributed by atoms with Crippen LogP contribution in [0.5, 0.6) is 0 Å². The molecule has 0 aromatic heterocycles. The van der Waals surface area contributed by atoms with E-state index in [-0.39, 0.29) is 0 Å². The van der Waals surface area contributed by atoms with Crippen molar-refractivity contribution in [3.05, 3.63) is 11.1 Å². The highest BCUT2D eigenvalue weighted by Crippen LogP contribution is 2.27. The largest absolute Gasteiger partial charge is 0.435 e. The fraction of sp³-hybridized carbons (Fsp3) is 0.750. The average molecular weight is 252 g/mol. The zero-order valence-corrected chi connectivity index (χ0v) is 12.8. The second-order valence-corrected chi connectivity index (χ2v) is 16.8. The maximum absolute atomic E-state index is 10.5. The van der Waals surface area contributed by atoms with Crippen molar-refractivity contribution in [2.75, 3.05) is 0 Å². The molecule has 0 aliphatic heterocycles. The summed E-state index contributed by atoms with van der Waals surface area (Å²) in [6.07, 6.45) is 1.56. The molecule has 0 saturated carbocycles.